The van der Waals surface area contributed by atoms with Gasteiger partial charge in [0.25, 0.3) is 0 Å². The third kappa shape index (κ3) is 1.15. The molecule has 2 heterocycles. The van der Waals surface area contributed by atoms with Crippen LogP contribution in [-0.2, 0) is 0 Å². The summed E-state index contributed by atoms with van der Waals surface area (Å²) in [5.41, 5.74) is 3.89. The van der Waals surface area contributed by atoms with E-state index in [1.165, 1.54) is 0 Å². The Bertz CT molecular complexity index is 700. The maximum absolute atomic E-state index is 6.17. The fourth-order valence-electron chi connectivity index (χ4n) is 1.88. The van der Waals surface area contributed by atoms with Crippen LogP contribution in [0.1, 0.15) is 11.3 Å². The molecule has 0 aliphatic rings. The Labute approximate surface area is 97.7 Å². The van der Waals surface area contributed by atoms with Gasteiger partial charge in [-0.1, -0.05) is 23.7 Å². The van der Waals surface area contributed by atoms with Gasteiger partial charge in [0.2, 0.25) is 0 Å². The van der Waals surface area contributed by atoms with E-state index >= 15 is 0 Å². The number of nitrogens with zero attached hydrogens (tertiary/aromatic N) is 3. The number of benzene rings is 1. The maximum Gasteiger partial charge on any atom is 0.160 e. The van der Waals surface area contributed by atoms with E-state index in [4.69, 9.17) is 11.6 Å². The van der Waals surface area contributed by atoms with Crippen LogP contribution in [0.3, 0.4) is 0 Å². The van der Waals surface area contributed by atoms with Gasteiger partial charge in [0.05, 0.1) is 11.2 Å². The quantitative estimate of drug-likeness (QED) is 0.557. The molecule has 0 aliphatic heterocycles. The van der Waals surface area contributed by atoms with E-state index in [1.807, 2.05) is 42.6 Å². The van der Waals surface area contributed by atoms with E-state index in [1.54, 1.807) is 0 Å². The topological polar surface area (TPSA) is 30.2 Å². The summed E-state index contributed by atoms with van der Waals surface area (Å²) in [4.78, 5) is 4.39. The summed E-state index contributed by atoms with van der Waals surface area (Å²) in [6.07, 6.45) is 0. The van der Waals surface area contributed by atoms with Gasteiger partial charge in [0.1, 0.15) is 5.15 Å². The first-order valence-corrected chi connectivity index (χ1v) is 5.46. The predicted octanol–water partition coefficient (Wildman–Crippen LogP) is 3.15. The van der Waals surface area contributed by atoms with Crippen LogP contribution in [0.4, 0.5) is 0 Å². The van der Waals surface area contributed by atoms with Crippen molar-refractivity contribution in [2.24, 2.45) is 0 Å². The minimum atomic E-state index is 0.533. The second-order valence-corrected chi connectivity index (χ2v) is 4.22. The van der Waals surface area contributed by atoms with Crippen LogP contribution in [0, 0.1) is 13.8 Å². The van der Waals surface area contributed by atoms with Gasteiger partial charge in [-0.3, -0.25) is 0 Å². The van der Waals surface area contributed by atoms with E-state index in [0.29, 0.717) is 5.15 Å². The zero-order valence-electron chi connectivity index (χ0n) is 9.03. The number of fused-ring (bicyclic) bond motifs is 3. The molecule has 3 rings (SSSR count). The molecule has 0 N–H and O–H groups in total. The summed E-state index contributed by atoms with van der Waals surface area (Å²) in [6.45, 7) is 3.99. The lowest BCUT2D eigenvalue weighted by Gasteiger charge is -2.02. The van der Waals surface area contributed by atoms with E-state index in [9.17, 15) is 0 Å². The Morgan fingerprint density at radius 3 is 2.75 bits per heavy atom. The monoisotopic (exact) mass is 231 g/mol. The summed E-state index contributed by atoms with van der Waals surface area (Å²) in [6, 6.07) is 7.88. The van der Waals surface area contributed by atoms with Crippen molar-refractivity contribution in [2.45, 2.75) is 13.8 Å². The van der Waals surface area contributed by atoms with Crippen LogP contribution >= 0.6 is 11.6 Å². The molecular formula is C12H10ClN3. The molecule has 0 radical (unpaired) electrons. The largest absolute Gasteiger partial charge is 0.216 e. The first-order chi connectivity index (χ1) is 7.68. The fraction of sp³-hybridized carbons (Fsp3) is 0.167. The molecule has 0 saturated heterocycles. The van der Waals surface area contributed by atoms with Gasteiger partial charge < -0.3 is 0 Å². The number of hydrogen-bond donors (Lipinski definition) is 0. The molecule has 3 nitrogen and oxygen atoms in total. The van der Waals surface area contributed by atoms with E-state index in [-0.39, 0.29) is 0 Å². The van der Waals surface area contributed by atoms with E-state index in [0.717, 1.165) is 27.8 Å². The number of hydrogen-bond acceptors (Lipinski definition) is 2. The van der Waals surface area contributed by atoms with E-state index in [2.05, 4.69) is 10.1 Å². The van der Waals surface area contributed by atoms with Gasteiger partial charge in [-0.25, -0.2) is 9.50 Å². The summed E-state index contributed by atoms with van der Waals surface area (Å²) in [7, 11) is 0. The predicted molar refractivity (Wildman–Crippen MR) is 65.0 cm³/mol. The molecule has 0 unspecified atom stereocenters. The molecule has 0 spiro atoms. The number of aryl methyl sites for hydroxylation is 2. The molecule has 3 aromatic rings. The molecule has 2 aromatic heterocycles. The summed E-state index contributed by atoms with van der Waals surface area (Å²) in [5, 5.41) is 5.94. The summed E-state index contributed by atoms with van der Waals surface area (Å²) >= 11 is 6.17. The zero-order chi connectivity index (χ0) is 11.3. The SMILES string of the molecule is Cc1nn2c(nc(Cl)c3ccccc32)c1C. The molecule has 0 atom stereocenters. The van der Waals surface area contributed by atoms with Crippen LogP contribution in [0.25, 0.3) is 16.6 Å². The lowest BCUT2D eigenvalue weighted by Crippen LogP contribution is -1.94. The van der Waals surface area contributed by atoms with Crippen LogP contribution in [0.15, 0.2) is 24.3 Å². The van der Waals surface area contributed by atoms with Gasteiger partial charge in [0.15, 0.2) is 5.65 Å². The maximum atomic E-state index is 6.17. The zero-order valence-corrected chi connectivity index (χ0v) is 9.78. The highest BCUT2D eigenvalue weighted by atomic mass is 35.5. The molecule has 1 aromatic carbocycles. The Morgan fingerprint density at radius 2 is 1.94 bits per heavy atom. The molecule has 0 saturated carbocycles. The van der Waals surface area contributed by atoms with Crippen molar-refractivity contribution < 1.29 is 0 Å². The number of para-hydroxylation sites is 1. The van der Waals surface area contributed by atoms with Crippen LogP contribution in [0.5, 0.6) is 0 Å². The van der Waals surface area contributed by atoms with Crippen LogP contribution in [-0.4, -0.2) is 14.6 Å². The van der Waals surface area contributed by atoms with Crippen molar-refractivity contribution >= 4 is 28.2 Å². The van der Waals surface area contributed by atoms with Crippen molar-refractivity contribution in [1.82, 2.24) is 14.6 Å². The van der Waals surface area contributed by atoms with Gasteiger partial charge in [-0.05, 0) is 26.0 Å². The highest BCUT2D eigenvalue weighted by Crippen LogP contribution is 2.24. The van der Waals surface area contributed by atoms with Gasteiger partial charge in [0, 0.05) is 10.9 Å². The Morgan fingerprint density at radius 1 is 1.19 bits per heavy atom. The summed E-state index contributed by atoms with van der Waals surface area (Å²) in [5.74, 6) is 0. The van der Waals surface area contributed by atoms with Gasteiger partial charge in [-0.2, -0.15) is 5.10 Å². The van der Waals surface area contributed by atoms with Crippen molar-refractivity contribution in [1.29, 1.82) is 0 Å². The van der Waals surface area contributed by atoms with Crippen molar-refractivity contribution in [3.05, 3.63) is 40.7 Å². The van der Waals surface area contributed by atoms with Crippen LogP contribution < -0.4 is 0 Å². The Hall–Kier alpha value is -1.61. The van der Waals surface area contributed by atoms with E-state index < -0.39 is 0 Å². The van der Waals surface area contributed by atoms with Crippen LogP contribution in [0.2, 0.25) is 5.15 Å². The second-order valence-electron chi connectivity index (χ2n) is 3.87. The molecular weight excluding hydrogens is 222 g/mol. The molecule has 16 heavy (non-hydrogen) atoms. The Kier molecular flexibility index (Phi) is 1.91. The minimum Gasteiger partial charge on any atom is -0.216 e. The average molecular weight is 232 g/mol. The first-order valence-electron chi connectivity index (χ1n) is 5.08. The highest BCUT2D eigenvalue weighted by Gasteiger charge is 2.11. The number of rotatable bonds is 0. The van der Waals surface area contributed by atoms with Gasteiger partial charge >= 0.3 is 0 Å². The van der Waals surface area contributed by atoms with Crippen molar-refractivity contribution in [3.63, 3.8) is 0 Å². The lowest BCUT2D eigenvalue weighted by molar-refractivity contribution is 0.956. The van der Waals surface area contributed by atoms with Crippen molar-refractivity contribution in [3.8, 4) is 0 Å². The first kappa shape index (κ1) is 9.60. The third-order valence-corrected chi connectivity index (χ3v) is 3.18. The number of halogens is 1. The van der Waals surface area contributed by atoms with Crippen molar-refractivity contribution in [2.75, 3.05) is 0 Å². The third-order valence-electron chi connectivity index (χ3n) is 2.89. The molecule has 0 fully saturated rings. The molecule has 0 aliphatic carbocycles. The van der Waals surface area contributed by atoms with Gasteiger partial charge in [-0.15, -0.1) is 0 Å². The normalized spacial score (nSPS) is 11.4. The average Bonchev–Trinajstić information content (AvgIpc) is 2.57. The number of aromatic nitrogens is 3. The molecule has 0 bridgehead atoms. The highest BCUT2D eigenvalue weighted by molar-refractivity contribution is 6.34. The fourth-order valence-corrected chi connectivity index (χ4v) is 2.12. The lowest BCUT2D eigenvalue weighted by atomic mass is 10.2. The molecule has 80 valence electrons. The summed E-state index contributed by atoms with van der Waals surface area (Å²) < 4.78 is 1.85. The molecule has 0 amide bonds. The minimum absolute atomic E-state index is 0.533. The smallest absolute Gasteiger partial charge is 0.160 e. The molecule has 4 heteroatoms. The Balaban J connectivity index is 2.64. The second kappa shape index (κ2) is 3.19. The standard InChI is InChI=1S/C12H10ClN3/c1-7-8(2)15-16-10-6-4-3-5-9(10)11(13)14-12(7)16/h3-6H,1-2H3.